The van der Waals surface area contributed by atoms with Crippen molar-refractivity contribution in [3.63, 3.8) is 0 Å². The molecule has 3 aromatic carbocycles. The molecule has 0 saturated heterocycles. The van der Waals surface area contributed by atoms with Crippen molar-refractivity contribution in [1.82, 2.24) is 0 Å². The second-order valence-corrected chi connectivity index (χ2v) is 6.90. The standard InChI is InChI=1S/C25H25FO/c1-4-6-18-7-9-19(10-8-18)20-11-13-21(14-12-20)23-16-15-22(24(27)5-2)17(3)25(23)26/h7-16H,4-6H2,1-3H3. The molecule has 0 atom stereocenters. The number of Topliss-reactive ketones (excluding diaryl/α,β-unsaturated/α-hetero) is 1. The minimum Gasteiger partial charge on any atom is -0.294 e. The number of rotatable bonds is 6. The highest BCUT2D eigenvalue weighted by atomic mass is 19.1. The first-order chi connectivity index (χ1) is 13.0. The Hall–Kier alpha value is -2.74. The van der Waals surface area contributed by atoms with Crippen LogP contribution >= 0.6 is 0 Å². The molecule has 0 unspecified atom stereocenters. The van der Waals surface area contributed by atoms with Gasteiger partial charge in [0.15, 0.2) is 5.78 Å². The maximum absolute atomic E-state index is 14.8. The van der Waals surface area contributed by atoms with Crippen molar-refractivity contribution in [2.24, 2.45) is 0 Å². The Morgan fingerprint density at radius 1 is 0.815 bits per heavy atom. The lowest BCUT2D eigenvalue weighted by molar-refractivity contribution is 0.0987. The molecule has 0 bridgehead atoms. The van der Waals surface area contributed by atoms with E-state index in [0.29, 0.717) is 23.1 Å². The van der Waals surface area contributed by atoms with E-state index in [9.17, 15) is 9.18 Å². The van der Waals surface area contributed by atoms with Crippen LogP contribution in [0, 0.1) is 12.7 Å². The lowest BCUT2D eigenvalue weighted by Crippen LogP contribution is -2.03. The van der Waals surface area contributed by atoms with Gasteiger partial charge in [0.1, 0.15) is 5.82 Å². The molecule has 0 heterocycles. The van der Waals surface area contributed by atoms with Gasteiger partial charge in [-0.05, 0) is 41.2 Å². The Kier molecular flexibility index (Phi) is 5.85. The first-order valence-corrected chi connectivity index (χ1v) is 9.57. The van der Waals surface area contributed by atoms with Crippen LogP contribution in [0.2, 0.25) is 0 Å². The number of ketones is 1. The fraction of sp³-hybridized carbons (Fsp3) is 0.240. The molecule has 0 aromatic heterocycles. The van der Waals surface area contributed by atoms with Gasteiger partial charge in [-0.25, -0.2) is 4.39 Å². The van der Waals surface area contributed by atoms with Crippen LogP contribution in [0.1, 0.15) is 48.2 Å². The van der Waals surface area contributed by atoms with Crippen LogP contribution < -0.4 is 0 Å². The molecule has 0 amide bonds. The smallest absolute Gasteiger partial charge is 0.162 e. The summed E-state index contributed by atoms with van der Waals surface area (Å²) in [5.41, 5.74) is 5.86. The minimum absolute atomic E-state index is 0.0279. The zero-order chi connectivity index (χ0) is 19.4. The third-order valence-electron chi connectivity index (χ3n) is 5.03. The molecule has 3 aromatic rings. The number of carbonyl (C=O) groups excluding carboxylic acids is 1. The van der Waals surface area contributed by atoms with Gasteiger partial charge >= 0.3 is 0 Å². The van der Waals surface area contributed by atoms with Gasteiger partial charge in [-0.1, -0.05) is 80.9 Å². The summed E-state index contributed by atoms with van der Waals surface area (Å²) in [5, 5.41) is 0. The normalized spacial score (nSPS) is 10.8. The molecule has 0 radical (unpaired) electrons. The molecule has 27 heavy (non-hydrogen) atoms. The van der Waals surface area contributed by atoms with Crippen molar-refractivity contribution in [3.05, 3.63) is 83.2 Å². The summed E-state index contributed by atoms with van der Waals surface area (Å²) in [5.74, 6) is -0.342. The van der Waals surface area contributed by atoms with Crippen molar-refractivity contribution in [1.29, 1.82) is 0 Å². The van der Waals surface area contributed by atoms with Gasteiger partial charge in [-0.2, -0.15) is 0 Å². The maximum atomic E-state index is 14.8. The molecule has 0 aliphatic heterocycles. The molecule has 0 spiro atoms. The van der Waals surface area contributed by atoms with Crippen molar-refractivity contribution in [2.75, 3.05) is 0 Å². The summed E-state index contributed by atoms with van der Waals surface area (Å²) in [7, 11) is 0. The molecule has 3 rings (SSSR count). The number of halogens is 1. The SMILES string of the molecule is CCCc1ccc(-c2ccc(-c3ccc(C(=O)CC)c(C)c3F)cc2)cc1. The lowest BCUT2D eigenvalue weighted by atomic mass is 9.94. The summed E-state index contributed by atoms with van der Waals surface area (Å²) < 4.78 is 14.8. The average Bonchev–Trinajstić information content (AvgIpc) is 2.70. The first kappa shape index (κ1) is 19.0. The van der Waals surface area contributed by atoms with Crippen molar-refractivity contribution in [3.8, 4) is 22.3 Å². The molecule has 1 nitrogen and oxygen atoms in total. The fourth-order valence-corrected chi connectivity index (χ4v) is 3.40. The van der Waals surface area contributed by atoms with Crippen molar-refractivity contribution < 1.29 is 9.18 Å². The Morgan fingerprint density at radius 3 is 1.93 bits per heavy atom. The quantitative estimate of drug-likeness (QED) is 0.432. The van der Waals surface area contributed by atoms with Crippen molar-refractivity contribution in [2.45, 2.75) is 40.0 Å². The number of benzene rings is 3. The van der Waals surface area contributed by atoms with Crippen LogP contribution in [-0.2, 0) is 6.42 Å². The predicted octanol–water partition coefficient (Wildman–Crippen LogP) is 7.01. The topological polar surface area (TPSA) is 17.1 Å². The van der Waals surface area contributed by atoms with Gasteiger partial charge in [0.25, 0.3) is 0 Å². The van der Waals surface area contributed by atoms with Crippen LogP contribution in [0.3, 0.4) is 0 Å². The molecule has 2 heteroatoms. The Morgan fingerprint density at radius 2 is 1.37 bits per heavy atom. The predicted molar refractivity (Wildman–Crippen MR) is 111 cm³/mol. The first-order valence-electron chi connectivity index (χ1n) is 9.57. The van der Waals surface area contributed by atoms with E-state index in [4.69, 9.17) is 0 Å². The number of hydrogen-bond acceptors (Lipinski definition) is 1. The van der Waals surface area contributed by atoms with E-state index < -0.39 is 0 Å². The number of aryl methyl sites for hydroxylation is 1. The summed E-state index contributed by atoms with van der Waals surface area (Å²) in [6.07, 6.45) is 2.61. The average molecular weight is 360 g/mol. The summed E-state index contributed by atoms with van der Waals surface area (Å²) >= 11 is 0. The molecule has 0 aliphatic carbocycles. The Labute approximate surface area is 160 Å². The molecule has 0 saturated carbocycles. The van der Waals surface area contributed by atoms with E-state index in [1.54, 1.807) is 26.0 Å². The van der Waals surface area contributed by atoms with Gasteiger partial charge in [-0.3, -0.25) is 4.79 Å². The summed E-state index contributed by atoms with van der Waals surface area (Å²) in [4.78, 5) is 11.9. The minimum atomic E-state index is -0.314. The Balaban J connectivity index is 1.89. The molecular formula is C25H25FO. The number of carbonyl (C=O) groups is 1. The zero-order valence-corrected chi connectivity index (χ0v) is 16.2. The highest BCUT2D eigenvalue weighted by Gasteiger charge is 2.15. The molecular weight excluding hydrogens is 335 g/mol. The van der Waals surface area contributed by atoms with Crippen LogP contribution in [0.15, 0.2) is 60.7 Å². The van der Waals surface area contributed by atoms with E-state index in [1.165, 1.54) is 5.56 Å². The molecule has 138 valence electrons. The van der Waals surface area contributed by atoms with E-state index in [0.717, 1.165) is 29.5 Å². The summed E-state index contributed by atoms with van der Waals surface area (Å²) in [6, 6.07) is 20.0. The maximum Gasteiger partial charge on any atom is 0.162 e. The number of hydrogen-bond donors (Lipinski definition) is 0. The second kappa shape index (κ2) is 8.30. The van der Waals surface area contributed by atoms with Gasteiger partial charge in [0.2, 0.25) is 0 Å². The van der Waals surface area contributed by atoms with E-state index in [2.05, 4.69) is 31.2 Å². The van der Waals surface area contributed by atoms with Gasteiger partial charge in [-0.15, -0.1) is 0 Å². The fourth-order valence-electron chi connectivity index (χ4n) is 3.40. The van der Waals surface area contributed by atoms with E-state index in [1.807, 2.05) is 24.3 Å². The Bertz CT molecular complexity index is 937. The molecule has 0 aliphatic rings. The van der Waals surface area contributed by atoms with Gasteiger partial charge < -0.3 is 0 Å². The van der Waals surface area contributed by atoms with Crippen LogP contribution in [0.4, 0.5) is 4.39 Å². The molecule has 0 N–H and O–H groups in total. The monoisotopic (exact) mass is 360 g/mol. The van der Waals surface area contributed by atoms with Crippen LogP contribution in [0.5, 0.6) is 0 Å². The second-order valence-electron chi connectivity index (χ2n) is 6.90. The largest absolute Gasteiger partial charge is 0.294 e. The van der Waals surface area contributed by atoms with Gasteiger partial charge in [0, 0.05) is 17.5 Å². The lowest BCUT2D eigenvalue weighted by Gasteiger charge is -2.11. The highest BCUT2D eigenvalue weighted by molar-refractivity contribution is 5.97. The van der Waals surface area contributed by atoms with Crippen LogP contribution in [-0.4, -0.2) is 5.78 Å². The molecule has 0 fully saturated rings. The van der Waals surface area contributed by atoms with Crippen LogP contribution in [0.25, 0.3) is 22.3 Å². The third-order valence-corrected chi connectivity index (χ3v) is 5.03. The summed E-state index contributed by atoms with van der Waals surface area (Å²) in [6.45, 7) is 5.65. The van der Waals surface area contributed by atoms with E-state index >= 15 is 0 Å². The van der Waals surface area contributed by atoms with Crippen molar-refractivity contribution >= 4 is 5.78 Å². The highest BCUT2D eigenvalue weighted by Crippen LogP contribution is 2.30. The third kappa shape index (κ3) is 4.00. The van der Waals surface area contributed by atoms with Gasteiger partial charge in [0.05, 0.1) is 0 Å². The zero-order valence-electron chi connectivity index (χ0n) is 16.2. The van der Waals surface area contributed by atoms with E-state index in [-0.39, 0.29) is 11.6 Å².